The van der Waals surface area contributed by atoms with Gasteiger partial charge in [0.2, 0.25) is 0 Å². The predicted molar refractivity (Wildman–Crippen MR) is 52.4 cm³/mol. The van der Waals surface area contributed by atoms with Crippen LogP contribution in [0.3, 0.4) is 0 Å². The van der Waals surface area contributed by atoms with Crippen molar-refractivity contribution in [2.45, 2.75) is 6.92 Å². The third-order valence-corrected chi connectivity index (χ3v) is 1.55. The molecule has 7 heteroatoms. The number of H-pyrrole nitrogens is 2. The van der Waals surface area contributed by atoms with E-state index in [-0.39, 0.29) is 0 Å². The van der Waals surface area contributed by atoms with Crippen LogP contribution in [0.4, 0.5) is 0 Å². The molecule has 2 heterocycles. The zero-order chi connectivity index (χ0) is 10.6. The summed E-state index contributed by atoms with van der Waals surface area (Å²) >= 11 is 4.91. The molecule has 0 spiro atoms. The van der Waals surface area contributed by atoms with Gasteiger partial charge < -0.3 is 15.1 Å². The highest BCUT2D eigenvalue weighted by Gasteiger charge is 1.94. The highest BCUT2D eigenvalue weighted by Crippen LogP contribution is 2.02. The zero-order valence-corrected chi connectivity index (χ0v) is 8.13. The Morgan fingerprint density at radius 3 is 2.57 bits per heavy atom. The summed E-state index contributed by atoms with van der Waals surface area (Å²) in [7, 11) is 0. The van der Waals surface area contributed by atoms with E-state index in [0.29, 0.717) is 4.64 Å². The van der Waals surface area contributed by atoms with Crippen LogP contribution in [0.2, 0.25) is 0 Å². The number of nitrogens with one attached hydrogen (secondary N) is 2. The molecule has 0 aliphatic rings. The number of fused-ring (bicyclic) bond motifs is 1. The Hall–Kier alpha value is -1.76. The van der Waals surface area contributed by atoms with E-state index in [2.05, 4.69) is 19.9 Å². The van der Waals surface area contributed by atoms with E-state index in [0.717, 1.165) is 18.1 Å². The molecule has 0 saturated carbocycles. The van der Waals surface area contributed by atoms with Gasteiger partial charge in [0.15, 0.2) is 10.3 Å². The average molecular weight is 212 g/mol. The quantitative estimate of drug-likeness (QED) is 0.568. The number of rotatable bonds is 0. The second-order valence-corrected chi connectivity index (χ2v) is 2.74. The van der Waals surface area contributed by atoms with E-state index in [4.69, 9.17) is 22.1 Å². The van der Waals surface area contributed by atoms with Gasteiger partial charge in [-0.2, -0.15) is 0 Å². The van der Waals surface area contributed by atoms with Gasteiger partial charge in [0.25, 0.3) is 5.97 Å². The van der Waals surface area contributed by atoms with Gasteiger partial charge in [-0.05, 0) is 0 Å². The molecule has 0 amide bonds. The van der Waals surface area contributed by atoms with E-state index in [1.165, 1.54) is 6.33 Å². The maximum Gasteiger partial charge on any atom is 0.300 e. The number of aromatic nitrogens is 4. The Labute approximate surface area is 84.0 Å². The van der Waals surface area contributed by atoms with Gasteiger partial charge in [-0.25, -0.2) is 9.97 Å². The van der Waals surface area contributed by atoms with Gasteiger partial charge in [-0.3, -0.25) is 4.79 Å². The predicted octanol–water partition coefficient (Wildman–Crippen LogP) is 1.11. The van der Waals surface area contributed by atoms with Crippen LogP contribution < -0.4 is 0 Å². The van der Waals surface area contributed by atoms with Crippen LogP contribution in [-0.2, 0) is 4.79 Å². The van der Waals surface area contributed by atoms with Gasteiger partial charge in [-0.1, -0.05) is 12.2 Å². The molecule has 2 aromatic rings. The van der Waals surface area contributed by atoms with Gasteiger partial charge >= 0.3 is 0 Å². The summed E-state index contributed by atoms with van der Waals surface area (Å²) in [6.45, 7) is 1.08. The number of carboxylic acid groups (broad SMARTS) is 1. The zero-order valence-electron chi connectivity index (χ0n) is 7.31. The molecule has 0 saturated heterocycles. The molecule has 0 bridgehead atoms. The van der Waals surface area contributed by atoms with Gasteiger partial charge in [0.1, 0.15) is 5.52 Å². The summed E-state index contributed by atoms with van der Waals surface area (Å²) in [5.74, 6) is -0.833. The first-order chi connectivity index (χ1) is 6.61. The third-order valence-electron chi connectivity index (χ3n) is 1.24. The second-order valence-electron chi connectivity index (χ2n) is 2.35. The Balaban J connectivity index is 0.000000213. The van der Waals surface area contributed by atoms with Crippen molar-refractivity contribution in [2.24, 2.45) is 0 Å². The van der Waals surface area contributed by atoms with E-state index in [1.807, 2.05) is 0 Å². The van der Waals surface area contributed by atoms with Crippen molar-refractivity contribution in [3.63, 3.8) is 0 Å². The molecule has 0 aliphatic carbocycles. The lowest BCUT2D eigenvalue weighted by Crippen LogP contribution is -1.80. The number of aliphatic carboxylic acids is 1. The monoisotopic (exact) mass is 212 g/mol. The minimum atomic E-state index is -0.833. The van der Waals surface area contributed by atoms with Crippen LogP contribution in [0.5, 0.6) is 0 Å². The van der Waals surface area contributed by atoms with Gasteiger partial charge in [-0.15, -0.1) is 0 Å². The normalized spacial score (nSPS) is 9.21. The largest absolute Gasteiger partial charge is 0.481 e. The maximum absolute atomic E-state index is 9.00. The summed E-state index contributed by atoms with van der Waals surface area (Å²) in [5.41, 5.74) is 1.54. The SMILES string of the molecule is CC(=O)O.S=c1nc[nH]c2nc[nH]c12. The number of imidazole rings is 1. The van der Waals surface area contributed by atoms with Crippen molar-refractivity contribution < 1.29 is 9.90 Å². The van der Waals surface area contributed by atoms with Gasteiger partial charge in [0.05, 0.1) is 12.7 Å². The van der Waals surface area contributed by atoms with Crippen LogP contribution >= 0.6 is 12.2 Å². The summed E-state index contributed by atoms with van der Waals surface area (Å²) in [6, 6.07) is 0. The first-order valence-electron chi connectivity index (χ1n) is 3.67. The van der Waals surface area contributed by atoms with Crippen LogP contribution in [0.15, 0.2) is 12.7 Å². The molecule has 0 atom stereocenters. The Kier molecular flexibility index (Phi) is 3.29. The lowest BCUT2D eigenvalue weighted by Gasteiger charge is -1.84. The Morgan fingerprint density at radius 1 is 1.43 bits per heavy atom. The topological polar surface area (TPSA) is 94.7 Å². The summed E-state index contributed by atoms with van der Waals surface area (Å²) in [4.78, 5) is 22.6. The highest BCUT2D eigenvalue weighted by molar-refractivity contribution is 7.71. The van der Waals surface area contributed by atoms with Crippen molar-refractivity contribution >= 4 is 29.4 Å². The number of aromatic amines is 2. The van der Waals surface area contributed by atoms with Crippen molar-refractivity contribution in [3.05, 3.63) is 17.3 Å². The first kappa shape index (κ1) is 10.3. The minimum absolute atomic E-state index is 0.547. The van der Waals surface area contributed by atoms with E-state index >= 15 is 0 Å². The van der Waals surface area contributed by atoms with Crippen molar-refractivity contribution in [1.29, 1.82) is 0 Å². The van der Waals surface area contributed by atoms with E-state index in [1.54, 1.807) is 6.33 Å². The number of hydrogen-bond acceptors (Lipinski definition) is 4. The summed E-state index contributed by atoms with van der Waals surface area (Å²) in [5, 5.41) is 7.42. The fraction of sp³-hybridized carbons (Fsp3) is 0.143. The van der Waals surface area contributed by atoms with Crippen molar-refractivity contribution in [3.8, 4) is 0 Å². The fourth-order valence-electron chi connectivity index (χ4n) is 0.783. The lowest BCUT2D eigenvalue weighted by molar-refractivity contribution is -0.134. The molecule has 2 rings (SSSR count). The van der Waals surface area contributed by atoms with Crippen molar-refractivity contribution in [1.82, 2.24) is 19.9 Å². The molecule has 14 heavy (non-hydrogen) atoms. The molecule has 0 aromatic carbocycles. The maximum atomic E-state index is 9.00. The van der Waals surface area contributed by atoms with Crippen LogP contribution in [-0.4, -0.2) is 31.0 Å². The molecular formula is C7H8N4O2S. The Bertz CT molecular complexity index is 485. The number of hydrogen-bond donors (Lipinski definition) is 3. The molecule has 0 radical (unpaired) electrons. The third kappa shape index (κ3) is 2.63. The standard InChI is InChI=1S/C5H4N4S.C2H4O2/c10-5-3-4(7-1-6-3)8-2-9-5;1-2(3)4/h1-2H,(H2,6,7,8,9,10);1H3,(H,3,4). The smallest absolute Gasteiger partial charge is 0.300 e. The fourth-order valence-corrected chi connectivity index (χ4v) is 0.992. The molecule has 0 aliphatic heterocycles. The molecule has 6 nitrogen and oxygen atoms in total. The minimum Gasteiger partial charge on any atom is -0.481 e. The Morgan fingerprint density at radius 2 is 2.00 bits per heavy atom. The van der Waals surface area contributed by atoms with Gasteiger partial charge in [0, 0.05) is 6.92 Å². The molecule has 0 fully saturated rings. The number of carbonyl (C=O) groups is 1. The lowest BCUT2D eigenvalue weighted by atomic mass is 10.6. The van der Waals surface area contributed by atoms with Crippen LogP contribution in [0.25, 0.3) is 11.2 Å². The second kappa shape index (κ2) is 4.47. The molecule has 3 N–H and O–H groups in total. The summed E-state index contributed by atoms with van der Waals surface area (Å²) in [6.07, 6.45) is 3.12. The van der Waals surface area contributed by atoms with Crippen LogP contribution in [0.1, 0.15) is 6.92 Å². The van der Waals surface area contributed by atoms with E-state index < -0.39 is 5.97 Å². The molecule has 74 valence electrons. The van der Waals surface area contributed by atoms with Crippen LogP contribution in [0, 0.1) is 4.64 Å². The summed E-state index contributed by atoms with van der Waals surface area (Å²) < 4.78 is 0.547. The molecule has 2 aromatic heterocycles. The number of nitrogens with zero attached hydrogens (tertiary/aromatic N) is 2. The number of carboxylic acids is 1. The van der Waals surface area contributed by atoms with E-state index in [9.17, 15) is 0 Å². The van der Waals surface area contributed by atoms with Crippen molar-refractivity contribution in [2.75, 3.05) is 0 Å². The molecular weight excluding hydrogens is 204 g/mol. The highest BCUT2D eigenvalue weighted by atomic mass is 32.1. The average Bonchev–Trinajstić information content (AvgIpc) is 2.52. The first-order valence-corrected chi connectivity index (χ1v) is 4.08. The molecule has 0 unspecified atom stereocenters.